The molecule has 2 aliphatic rings. The highest BCUT2D eigenvalue weighted by molar-refractivity contribution is 7.99. The van der Waals surface area contributed by atoms with E-state index in [0.29, 0.717) is 50.2 Å². The molecule has 0 spiro atoms. The van der Waals surface area contributed by atoms with E-state index in [2.05, 4.69) is 21.3 Å². The number of rotatable bonds is 7. The number of furan rings is 1. The Morgan fingerprint density at radius 3 is 2.55 bits per heavy atom. The van der Waals surface area contributed by atoms with Gasteiger partial charge in [0.25, 0.3) is 5.91 Å². The zero-order valence-electron chi connectivity index (χ0n) is 17.7. The molecule has 1 saturated heterocycles. The summed E-state index contributed by atoms with van der Waals surface area (Å²) in [6.07, 6.45) is 9.43. The Hall–Kier alpha value is -2.55. The number of thioether (sulfide) groups is 1. The molecule has 2 fully saturated rings. The largest absolute Gasteiger partial charge is 0.459 e. The Bertz CT molecular complexity index is 896. The van der Waals surface area contributed by atoms with Crippen LogP contribution in [0.5, 0.6) is 0 Å². The Kier molecular flexibility index (Phi) is 7.11. The van der Waals surface area contributed by atoms with Crippen molar-refractivity contribution in [2.75, 3.05) is 31.9 Å². The van der Waals surface area contributed by atoms with E-state index >= 15 is 0 Å². The van der Waals surface area contributed by atoms with Crippen molar-refractivity contribution in [2.24, 2.45) is 0 Å². The molecular formula is C22H29N5O3S. The first-order valence-electron chi connectivity index (χ1n) is 10.9. The van der Waals surface area contributed by atoms with Crippen LogP contribution in [0.4, 0.5) is 0 Å². The molecule has 1 saturated carbocycles. The normalized spacial score (nSPS) is 17.7. The predicted octanol–water partition coefficient (Wildman–Crippen LogP) is 3.18. The summed E-state index contributed by atoms with van der Waals surface area (Å²) in [4.78, 5) is 28.7. The minimum atomic E-state index is -0.126. The lowest BCUT2D eigenvalue weighted by molar-refractivity contribution is -0.129. The molecule has 0 bridgehead atoms. The quantitative estimate of drug-likeness (QED) is 0.483. The van der Waals surface area contributed by atoms with Crippen LogP contribution in [0.3, 0.4) is 0 Å². The molecule has 1 aliphatic heterocycles. The molecule has 0 aromatic carbocycles. The summed E-state index contributed by atoms with van der Waals surface area (Å²) >= 11 is 1.43. The van der Waals surface area contributed by atoms with Crippen LogP contribution >= 0.6 is 11.8 Å². The van der Waals surface area contributed by atoms with Crippen molar-refractivity contribution in [1.82, 2.24) is 24.6 Å². The maximum Gasteiger partial charge on any atom is 0.289 e. The van der Waals surface area contributed by atoms with Gasteiger partial charge in [0.1, 0.15) is 5.82 Å². The lowest BCUT2D eigenvalue weighted by atomic mass is 9.89. The maximum absolute atomic E-state index is 12.8. The molecule has 166 valence electrons. The Labute approximate surface area is 186 Å². The zero-order valence-corrected chi connectivity index (χ0v) is 18.6. The van der Waals surface area contributed by atoms with Gasteiger partial charge in [-0.1, -0.05) is 37.1 Å². The van der Waals surface area contributed by atoms with E-state index in [1.807, 2.05) is 11.0 Å². The van der Waals surface area contributed by atoms with Crippen molar-refractivity contribution in [3.8, 4) is 0 Å². The van der Waals surface area contributed by atoms with Crippen molar-refractivity contribution >= 4 is 23.6 Å². The number of carbonyl (C=O) groups is 2. The number of nitrogens with zero attached hydrogens (tertiary/aromatic N) is 5. The van der Waals surface area contributed by atoms with E-state index in [9.17, 15) is 9.59 Å². The summed E-state index contributed by atoms with van der Waals surface area (Å²) in [7, 11) is 0. The second-order valence-corrected chi connectivity index (χ2v) is 8.96. The van der Waals surface area contributed by atoms with Gasteiger partial charge in [-0.2, -0.15) is 0 Å². The molecule has 3 heterocycles. The van der Waals surface area contributed by atoms with Gasteiger partial charge in [-0.25, -0.2) is 0 Å². The fraction of sp³-hybridized carbons (Fsp3) is 0.545. The second-order valence-electron chi connectivity index (χ2n) is 8.01. The Balaban J connectivity index is 1.31. The van der Waals surface area contributed by atoms with Crippen molar-refractivity contribution in [3.05, 3.63) is 42.6 Å². The van der Waals surface area contributed by atoms with Gasteiger partial charge in [0, 0.05) is 38.6 Å². The molecule has 0 atom stereocenters. The Morgan fingerprint density at radius 1 is 1.13 bits per heavy atom. The summed E-state index contributed by atoms with van der Waals surface area (Å²) in [5.41, 5.74) is 0. The predicted molar refractivity (Wildman–Crippen MR) is 118 cm³/mol. The average molecular weight is 444 g/mol. The van der Waals surface area contributed by atoms with Crippen molar-refractivity contribution in [1.29, 1.82) is 0 Å². The van der Waals surface area contributed by atoms with E-state index in [4.69, 9.17) is 4.42 Å². The van der Waals surface area contributed by atoms with E-state index in [1.165, 1.54) is 37.3 Å². The first-order valence-corrected chi connectivity index (χ1v) is 11.9. The van der Waals surface area contributed by atoms with Gasteiger partial charge in [-0.15, -0.1) is 16.8 Å². The van der Waals surface area contributed by atoms with Crippen LogP contribution in [0, 0.1) is 0 Å². The van der Waals surface area contributed by atoms with Crippen LogP contribution in [0.15, 0.2) is 40.6 Å². The third-order valence-electron chi connectivity index (χ3n) is 6.00. The van der Waals surface area contributed by atoms with Crippen LogP contribution in [-0.4, -0.2) is 68.3 Å². The molecule has 0 N–H and O–H groups in total. The minimum absolute atomic E-state index is 0.0578. The van der Waals surface area contributed by atoms with E-state index in [0.717, 1.165) is 23.8 Å². The van der Waals surface area contributed by atoms with Crippen molar-refractivity contribution in [3.63, 3.8) is 0 Å². The van der Waals surface area contributed by atoms with E-state index < -0.39 is 0 Å². The van der Waals surface area contributed by atoms with Crippen molar-refractivity contribution in [2.45, 2.75) is 49.7 Å². The van der Waals surface area contributed by atoms with E-state index in [1.54, 1.807) is 17.0 Å². The first-order chi connectivity index (χ1) is 15.2. The van der Waals surface area contributed by atoms with Crippen LogP contribution in [0.2, 0.25) is 0 Å². The van der Waals surface area contributed by atoms with E-state index in [-0.39, 0.29) is 11.8 Å². The number of allylic oxidation sites excluding steroid dienone is 1. The molecule has 0 unspecified atom stereocenters. The summed E-state index contributed by atoms with van der Waals surface area (Å²) in [6.45, 7) is 6.60. The fourth-order valence-electron chi connectivity index (χ4n) is 4.30. The second kappa shape index (κ2) is 10.2. The standard InChI is InChI=1S/C22H29N5O3S/c1-2-10-27-20(17-7-4-3-5-8-17)23-24-22(27)31-16-19(28)25-11-13-26(14-12-25)21(29)18-9-6-15-30-18/h2,6,9,15,17H,1,3-5,7-8,10-14,16H2. The van der Waals surface area contributed by atoms with Gasteiger partial charge in [0.05, 0.1) is 12.0 Å². The third-order valence-corrected chi connectivity index (χ3v) is 6.96. The average Bonchev–Trinajstić information content (AvgIpc) is 3.49. The van der Waals surface area contributed by atoms with Crippen LogP contribution in [-0.2, 0) is 11.3 Å². The van der Waals surface area contributed by atoms with Gasteiger partial charge < -0.3 is 18.8 Å². The number of aromatic nitrogens is 3. The fourth-order valence-corrected chi connectivity index (χ4v) is 5.16. The highest BCUT2D eigenvalue weighted by Crippen LogP contribution is 2.33. The molecule has 1 aliphatic carbocycles. The summed E-state index contributed by atoms with van der Waals surface area (Å²) in [5.74, 6) is 2.06. The highest BCUT2D eigenvalue weighted by atomic mass is 32.2. The van der Waals surface area contributed by atoms with Gasteiger partial charge in [-0.3, -0.25) is 9.59 Å². The molecule has 8 nitrogen and oxygen atoms in total. The highest BCUT2D eigenvalue weighted by Gasteiger charge is 2.27. The molecule has 4 rings (SSSR count). The van der Waals surface area contributed by atoms with Crippen LogP contribution in [0.25, 0.3) is 0 Å². The number of amides is 2. The Morgan fingerprint density at radius 2 is 1.87 bits per heavy atom. The number of hydrogen-bond donors (Lipinski definition) is 0. The molecular weight excluding hydrogens is 414 g/mol. The van der Waals surface area contributed by atoms with Crippen LogP contribution in [0.1, 0.15) is 54.4 Å². The monoisotopic (exact) mass is 443 g/mol. The number of hydrogen-bond acceptors (Lipinski definition) is 6. The van der Waals surface area contributed by atoms with Gasteiger partial charge in [0.2, 0.25) is 5.91 Å². The molecule has 9 heteroatoms. The number of piperazine rings is 1. The molecule has 0 radical (unpaired) electrons. The topological polar surface area (TPSA) is 84.5 Å². The van der Waals surface area contributed by atoms with Crippen LogP contribution < -0.4 is 0 Å². The third kappa shape index (κ3) is 5.03. The first kappa shape index (κ1) is 21.7. The summed E-state index contributed by atoms with van der Waals surface area (Å²) in [5, 5.41) is 9.63. The van der Waals surface area contributed by atoms with Gasteiger partial charge in [0.15, 0.2) is 10.9 Å². The SMILES string of the molecule is C=CCn1c(SCC(=O)N2CCN(C(=O)c3ccco3)CC2)nnc1C1CCCCC1. The van der Waals surface area contributed by atoms with Gasteiger partial charge >= 0.3 is 0 Å². The zero-order chi connectivity index (χ0) is 21.6. The summed E-state index contributed by atoms with van der Waals surface area (Å²) < 4.78 is 7.30. The maximum atomic E-state index is 12.8. The molecule has 2 amide bonds. The van der Waals surface area contributed by atoms with Crippen molar-refractivity contribution < 1.29 is 14.0 Å². The molecule has 2 aromatic rings. The summed E-state index contributed by atoms with van der Waals surface area (Å²) in [6, 6.07) is 3.37. The van der Waals surface area contributed by atoms with Gasteiger partial charge in [-0.05, 0) is 25.0 Å². The molecule has 2 aromatic heterocycles. The minimum Gasteiger partial charge on any atom is -0.459 e. The smallest absolute Gasteiger partial charge is 0.289 e. The lowest BCUT2D eigenvalue weighted by Crippen LogP contribution is -2.51. The lowest BCUT2D eigenvalue weighted by Gasteiger charge is -2.34. The number of carbonyl (C=O) groups excluding carboxylic acids is 2. The molecule has 31 heavy (non-hydrogen) atoms.